The van der Waals surface area contributed by atoms with Crippen LogP contribution in [0.4, 0.5) is 0 Å². The van der Waals surface area contributed by atoms with Crippen LogP contribution in [0.15, 0.2) is 71.4 Å². The fourth-order valence-electron chi connectivity index (χ4n) is 3.87. The SMILES string of the molecule is C=CCCCc1ccc(C=NN=Cc2ccc([C@H]3CC[C@H](C)CC3)cc2)cc1. The molecule has 0 unspecified atom stereocenters. The Balaban J connectivity index is 1.49. The van der Waals surface area contributed by atoms with Crippen molar-refractivity contribution in [1.82, 2.24) is 0 Å². The summed E-state index contributed by atoms with van der Waals surface area (Å²) in [5, 5.41) is 8.40. The minimum absolute atomic E-state index is 0.736. The molecule has 0 spiro atoms. The zero-order valence-electron chi connectivity index (χ0n) is 17.1. The first-order valence-electron chi connectivity index (χ1n) is 10.6. The molecule has 0 aromatic heterocycles. The van der Waals surface area contributed by atoms with Crippen LogP contribution in [-0.2, 0) is 6.42 Å². The maximum Gasteiger partial charge on any atom is 0.0568 e. The molecule has 0 amide bonds. The van der Waals surface area contributed by atoms with Gasteiger partial charge in [-0.3, -0.25) is 0 Å². The molecule has 3 rings (SSSR count). The van der Waals surface area contributed by atoms with E-state index in [4.69, 9.17) is 0 Å². The summed E-state index contributed by atoms with van der Waals surface area (Å²) in [5.41, 5.74) is 5.00. The van der Waals surface area contributed by atoms with Gasteiger partial charge < -0.3 is 0 Å². The summed E-state index contributed by atoms with van der Waals surface area (Å²) < 4.78 is 0. The van der Waals surface area contributed by atoms with Gasteiger partial charge in [-0.25, -0.2) is 0 Å². The van der Waals surface area contributed by atoms with E-state index in [0.29, 0.717) is 0 Å². The number of benzene rings is 2. The molecule has 28 heavy (non-hydrogen) atoms. The highest BCUT2D eigenvalue weighted by atomic mass is 15.2. The van der Waals surface area contributed by atoms with Gasteiger partial charge in [-0.15, -0.1) is 6.58 Å². The highest BCUT2D eigenvalue weighted by Crippen LogP contribution is 2.35. The fourth-order valence-corrected chi connectivity index (χ4v) is 3.87. The van der Waals surface area contributed by atoms with Crippen LogP contribution in [0.3, 0.4) is 0 Å². The Kier molecular flexibility index (Phi) is 7.78. The summed E-state index contributed by atoms with van der Waals surface area (Å²) in [7, 11) is 0. The Morgan fingerprint density at radius 1 is 0.857 bits per heavy atom. The van der Waals surface area contributed by atoms with Crippen molar-refractivity contribution in [2.75, 3.05) is 0 Å². The van der Waals surface area contributed by atoms with E-state index >= 15 is 0 Å². The molecule has 2 heteroatoms. The number of hydrogen-bond donors (Lipinski definition) is 0. The van der Waals surface area contributed by atoms with Crippen LogP contribution in [0.1, 0.15) is 73.6 Å². The smallest absolute Gasteiger partial charge is 0.0568 e. The minimum atomic E-state index is 0.736. The molecular formula is C26H32N2. The van der Waals surface area contributed by atoms with E-state index in [1.165, 1.54) is 36.8 Å². The number of nitrogens with zero attached hydrogens (tertiary/aromatic N) is 2. The van der Waals surface area contributed by atoms with E-state index in [1.807, 2.05) is 18.5 Å². The molecule has 146 valence electrons. The van der Waals surface area contributed by atoms with Crippen LogP contribution in [-0.4, -0.2) is 12.4 Å². The van der Waals surface area contributed by atoms with Crippen molar-refractivity contribution in [3.63, 3.8) is 0 Å². The number of unbranched alkanes of at least 4 members (excludes halogenated alkanes) is 1. The Morgan fingerprint density at radius 2 is 1.43 bits per heavy atom. The number of allylic oxidation sites excluding steroid dienone is 1. The van der Waals surface area contributed by atoms with Crippen LogP contribution >= 0.6 is 0 Å². The predicted molar refractivity (Wildman–Crippen MR) is 122 cm³/mol. The molecule has 2 aromatic rings. The zero-order chi connectivity index (χ0) is 19.6. The molecule has 0 atom stereocenters. The van der Waals surface area contributed by atoms with Gasteiger partial charge in [0.25, 0.3) is 0 Å². The molecular weight excluding hydrogens is 340 g/mol. The van der Waals surface area contributed by atoms with E-state index in [2.05, 4.69) is 72.2 Å². The quantitative estimate of drug-likeness (QED) is 0.207. The summed E-state index contributed by atoms with van der Waals surface area (Å²) in [6.45, 7) is 6.14. The first kappa shape index (κ1) is 20.3. The summed E-state index contributed by atoms with van der Waals surface area (Å²) in [6, 6.07) is 17.4. The van der Waals surface area contributed by atoms with Gasteiger partial charge in [0.15, 0.2) is 0 Å². The fraction of sp³-hybridized carbons (Fsp3) is 0.385. The zero-order valence-corrected chi connectivity index (χ0v) is 17.1. The van der Waals surface area contributed by atoms with E-state index in [9.17, 15) is 0 Å². The van der Waals surface area contributed by atoms with Gasteiger partial charge in [0.2, 0.25) is 0 Å². The second-order valence-corrected chi connectivity index (χ2v) is 8.04. The lowest BCUT2D eigenvalue weighted by Crippen LogP contribution is -2.10. The lowest BCUT2D eigenvalue weighted by Gasteiger charge is -2.26. The monoisotopic (exact) mass is 372 g/mol. The summed E-state index contributed by atoms with van der Waals surface area (Å²) in [5.74, 6) is 1.63. The highest BCUT2D eigenvalue weighted by molar-refractivity contribution is 5.82. The molecule has 0 heterocycles. The second-order valence-electron chi connectivity index (χ2n) is 8.04. The van der Waals surface area contributed by atoms with Crippen LogP contribution < -0.4 is 0 Å². The van der Waals surface area contributed by atoms with Crippen LogP contribution in [0.25, 0.3) is 0 Å². The van der Waals surface area contributed by atoms with E-state index in [-0.39, 0.29) is 0 Å². The molecule has 2 aromatic carbocycles. The second kappa shape index (κ2) is 10.8. The summed E-state index contributed by atoms with van der Waals surface area (Å²) in [4.78, 5) is 0. The molecule has 2 nitrogen and oxygen atoms in total. The van der Waals surface area contributed by atoms with Gasteiger partial charge in [0.1, 0.15) is 0 Å². The third-order valence-electron chi connectivity index (χ3n) is 5.76. The molecule has 1 saturated carbocycles. The van der Waals surface area contributed by atoms with E-state index < -0.39 is 0 Å². The van der Waals surface area contributed by atoms with Gasteiger partial charge in [-0.1, -0.05) is 74.4 Å². The van der Waals surface area contributed by atoms with Gasteiger partial charge in [-0.05, 0) is 66.2 Å². The molecule has 0 N–H and O–H groups in total. The molecule has 1 aliphatic rings. The van der Waals surface area contributed by atoms with Gasteiger partial charge >= 0.3 is 0 Å². The molecule has 0 saturated heterocycles. The van der Waals surface area contributed by atoms with Crippen molar-refractivity contribution >= 4 is 12.4 Å². The standard InChI is InChI=1S/C26H32N2/c1-3-4-5-6-22-9-11-23(12-10-22)19-27-28-20-24-13-17-26(18-14-24)25-15-7-21(2)8-16-25/h3,9-14,17-21,25H,1,4-8,15-16H2,2H3/t21-,25-. The minimum Gasteiger partial charge on any atom is -0.159 e. The Bertz CT molecular complexity index is 776. The summed E-state index contributed by atoms with van der Waals surface area (Å²) >= 11 is 0. The average Bonchev–Trinajstić information content (AvgIpc) is 2.73. The van der Waals surface area contributed by atoms with Crippen LogP contribution in [0.5, 0.6) is 0 Å². The van der Waals surface area contributed by atoms with Crippen molar-refractivity contribution < 1.29 is 0 Å². The lowest BCUT2D eigenvalue weighted by molar-refractivity contribution is 0.348. The first-order valence-corrected chi connectivity index (χ1v) is 10.6. The Hall–Kier alpha value is -2.48. The number of rotatable bonds is 8. The van der Waals surface area contributed by atoms with Gasteiger partial charge in [0, 0.05) is 0 Å². The maximum atomic E-state index is 4.21. The van der Waals surface area contributed by atoms with E-state index in [0.717, 1.165) is 42.2 Å². The topological polar surface area (TPSA) is 24.7 Å². The average molecular weight is 373 g/mol. The van der Waals surface area contributed by atoms with Crippen LogP contribution in [0, 0.1) is 5.92 Å². The number of hydrogen-bond acceptors (Lipinski definition) is 2. The van der Waals surface area contributed by atoms with Crippen molar-refractivity contribution in [2.45, 2.75) is 57.8 Å². The normalized spacial score (nSPS) is 20.0. The van der Waals surface area contributed by atoms with Crippen molar-refractivity contribution in [2.24, 2.45) is 16.1 Å². The third kappa shape index (κ3) is 6.30. The Morgan fingerprint density at radius 3 is 2.00 bits per heavy atom. The lowest BCUT2D eigenvalue weighted by atomic mass is 9.79. The van der Waals surface area contributed by atoms with Gasteiger partial charge in [-0.2, -0.15) is 10.2 Å². The molecule has 0 bridgehead atoms. The third-order valence-corrected chi connectivity index (χ3v) is 5.76. The molecule has 1 aliphatic carbocycles. The van der Waals surface area contributed by atoms with Gasteiger partial charge in [0.05, 0.1) is 12.4 Å². The summed E-state index contributed by atoms with van der Waals surface area (Å²) in [6.07, 6.45) is 14.3. The maximum absolute atomic E-state index is 4.21. The largest absolute Gasteiger partial charge is 0.159 e. The van der Waals surface area contributed by atoms with Crippen molar-refractivity contribution in [3.8, 4) is 0 Å². The van der Waals surface area contributed by atoms with Crippen molar-refractivity contribution in [3.05, 3.63) is 83.4 Å². The molecule has 0 aliphatic heterocycles. The predicted octanol–water partition coefficient (Wildman–Crippen LogP) is 6.94. The van der Waals surface area contributed by atoms with Crippen molar-refractivity contribution in [1.29, 1.82) is 0 Å². The van der Waals surface area contributed by atoms with E-state index in [1.54, 1.807) is 0 Å². The highest BCUT2D eigenvalue weighted by Gasteiger charge is 2.19. The van der Waals surface area contributed by atoms with Crippen LogP contribution in [0.2, 0.25) is 0 Å². The first-order chi connectivity index (χ1) is 13.7. The molecule has 1 fully saturated rings. The Labute approximate surface area is 170 Å². The number of aryl methyl sites for hydroxylation is 1. The molecule has 0 radical (unpaired) electrons.